The van der Waals surface area contributed by atoms with Gasteiger partial charge in [-0.2, -0.15) is 0 Å². The van der Waals surface area contributed by atoms with Crippen LogP contribution in [0, 0.1) is 11.6 Å². The number of allylic oxidation sites excluding steroid dienone is 4. The zero-order chi connectivity index (χ0) is 40.7. The number of aromatic nitrogens is 4. The Morgan fingerprint density at radius 1 is 0.550 bits per heavy atom. The topological polar surface area (TPSA) is 35.6 Å². The fraction of sp³-hybridized carbons (Fsp3) is 0.111. The number of hydrogen-bond donors (Lipinski definition) is 0. The van der Waals surface area contributed by atoms with Crippen molar-refractivity contribution in [2.75, 3.05) is 0 Å². The summed E-state index contributed by atoms with van der Waals surface area (Å²) in [6, 6.07) is 47.1. The summed E-state index contributed by atoms with van der Waals surface area (Å²) in [5.74, 6) is 0.0492. The van der Waals surface area contributed by atoms with E-state index in [0.29, 0.717) is 22.8 Å². The van der Waals surface area contributed by atoms with E-state index in [9.17, 15) is 8.78 Å². The monoisotopic (exact) mass is 784 g/mol. The van der Waals surface area contributed by atoms with E-state index in [1.807, 2.05) is 26.0 Å². The fourth-order valence-electron chi connectivity index (χ4n) is 8.84. The highest BCUT2D eigenvalue weighted by molar-refractivity contribution is 6.09. The normalized spacial score (nSPS) is 14.6. The summed E-state index contributed by atoms with van der Waals surface area (Å²) in [6.45, 7) is 4.00. The van der Waals surface area contributed by atoms with Gasteiger partial charge in [-0.15, -0.1) is 0 Å². The summed E-state index contributed by atoms with van der Waals surface area (Å²) in [6.07, 6.45) is 14.9. The molecule has 0 spiro atoms. The number of fused-ring (bicyclic) bond motifs is 6. The van der Waals surface area contributed by atoms with E-state index in [1.165, 1.54) is 67.8 Å². The number of halogens is 2. The van der Waals surface area contributed by atoms with Gasteiger partial charge in [-0.3, -0.25) is 0 Å². The summed E-state index contributed by atoms with van der Waals surface area (Å²) in [5, 5.41) is 6.27. The van der Waals surface area contributed by atoms with Crippen molar-refractivity contribution in [3.05, 3.63) is 192 Å². The first-order valence-corrected chi connectivity index (χ1v) is 20.8. The Morgan fingerprint density at radius 2 is 1.22 bits per heavy atom. The van der Waals surface area contributed by atoms with Crippen LogP contribution in [0.2, 0.25) is 0 Å². The Hall–Kier alpha value is -7.18. The second kappa shape index (κ2) is 15.5. The van der Waals surface area contributed by atoms with Gasteiger partial charge >= 0.3 is 0 Å². The van der Waals surface area contributed by atoms with E-state index in [4.69, 9.17) is 9.97 Å². The van der Waals surface area contributed by atoms with E-state index in [0.717, 1.165) is 47.1 Å². The van der Waals surface area contributed by atoms with Crippen LogP contribution in [0.3, 0.4) is 0 Å². The fourth-order valence-corrected chi connectivity index (χ4v) is 8.84. The lowest BCUT2D eigenvalue weighted by Crippen LogP contribution is -2.32. The minimum absolute atomic E-state index is 0.237. The van der Waals surface area contributed by atoms with Crippen molar-refractivity contribution in [1.82, 2.24) is 19.1 Å². The van der Waals surface area contributed by atoms with Gasteiger partial charge in [0.05, 0.1) is 27.9 Å². The summed E-state index contributed by atoms with van der Waals surface area (Å²) >= 11 is 0. The molecule has 0 radical (unpaired) electrons. The van der Waals surface area contributed by atoms with Crippen LogP contribution >= 0.6 is 0 Å². The van der Waals surface area contributed by atoms with Gasteiger partial charge in [-0.25, -0.2) is 18.7 Å². The predicted molar refractivity (Wildman–Crippen MR) is 244 cm³/mol. The molecule has 6 aromatic carbocycles. The molecule has 0 saturated carbocycles. The third kappa shape index (κ3) is 6.55. The molecule has 1 atom stereocenters. The van der Waals surface area contributed by atoms with Crippen LogP contribution in [0.4, 0.5) is 8.78 Å². The third-order valence-electron chi connectivity index (χ3n) is 11.6. The van der Waals surface area contributed by atoms with Crippen LogP contribution in [0.25, 0.3) is 90.1 Å². The zero-order valence-electron chi connectivity index (χ0n) is 33.5. The van der Waals surface area contributed by atoms with Crippen LogP contribution in [0.15, 0.2) is 164 Å². The largest absolute Gasteiger partial charge is 0.310 e. The number of para-hydroxylation sites is 2. The number of nitrogens with zero attached hydrogens (tertiary/aromatic N) is 4. The molecule has 0 bridgehead atoms. The van der Waals surface area contributed by atoms with Gasteiger partial charge in [0, 0.05) is 60.7 Å². The second-order valence-corrected chi connectivity index (χ2v) is 15.1. The average Bonchev–Trinajstić information content (AvgIpc) is 3.82. The molecular weight excluding hydrogens is 743 g/mol. The molecule has 4 nitrogen and oxygen atoms in total. The molecule has 6 heteroatoms. The molecule has 2 aliphatic rings. The molecule has 0 saturated heterocycles. The van der Waals surface area contributed by atoms with Gasteiger partial charge < -0.3 is 9.13 Å². The lowest BCUT2D eigenvalue weighted by molar-refractivity contribution is 0.627. The quantitative estimate of drug-likeness (QED) is 0.168. The number of rotatable bonds is 6. The van der Waals surface area contributed by atoms with Crippen LogP contribution in [0.1, 0.15) is 44.6 Å². The van der Waals surface area contributed by atoms with Gasteiger partial charge in [-0.1, -0.05) is 92.7 Å². The molecule has 3 heterocycles. The number of hydrogen-bond acceptors (Lipinski definition) is 2. The molecule has 0 aliphatic heterocycles. The smallest absolute Gasteiger partial charge is 0.160 e. The van der Waals surface area contributed by atoms with E-state index in [1.54, 1.807) is 24.3 Å². The van der Waals surface area contributed by atoms with E-state index in [-0.39, 0.29) is 17.6 Å². The molecule has 9 aromatic rings. The maximum absolute atomic E-state index is 13.9. The molecular formula is C54H42F2N4. The number of benzene rings is 6. The Balaban J connectivity index is 0.00000213. The third-order valence-corrected chi connectivity index (χ3v) is 11.6. The molecule has 2 aliphatic carbocycles. The standard InChI is InChI=1S/C52H36F2N4.C2H6/c53-38-23-17-33(18-24-38)46-32-47(56-52(55-46)34-19-25-39(54)26-20-34)37-9-8-12-41(29-37)58-49-16-7-5-14-43(49)45-31-36(22-28-51(45)58)35-21-27-50-44(30-35)42-13-4-6-15-48(42)57(50)40-10-2-1-3-11-40;1-2/h2,4-20,22-32,35H,1,3,21H2;1-2H3. The minimum atomic E-state index is -0.330. The Labute approximate surface area is 347 Å². The average molecular weight is 785 g/mol. The first-order valence-electron chi connectivity index (χ1n) is 20.8. The lowest BCUT2D eigenvalue weighted by atomic mass is 9.90. The van der Waals surface area contributed by atoms with E-state index >= 15 is 0 Å². The molecule has 11 rings (SSSR count). The van der Waals surface area contributed by atoms with Crippen molar-refractivity contribution in [2.24, 2.45) is 0 Å². The summed E-state index contributed by atoms with van der Waals surface area (Å²) in [4.78, 5) is 9.83. The molecule has 1 unspecified atom stereocenters. The Morgan fingerprint density at radius 3 is 1.95 bits per heavy atom. The summed E-state index contributed by atoms with van der Waals surface area (Å²) < 4.78 is 32.6. The maximum atomic E-state index is 13.9. The van der Waals surface area contributed by atoms with Crippen molar-refractivity contribution >= 4 is 50.6 Å². The highest BCUT2D eigenvalue weighted by Crippen LogP contribution is 2.37. The Bertz CT molecular complexity index is 3210. The highest BCUT2D eigenvalue weighted by Gasteiger charge is 2.20. The highest BCUT2D eigenvalue weighted by atomic mass is 19.1. The lowest BCUT2D eigenvalue weighted by Gasteiger charge is -2.16. The maximum Gasteiger partial charge on any atom is 0.160 e. The van der Waals surface area contributed by atoms with Crippen molar-refractivity contribution < 1.29 is 8.78 Å². The van der Waals surface area contributed by atoms with Crippen molar-refractivity contribution in [3.8, 4) is 39.6 Å². The van der Waals surface area contributed by atoms with Crippen LogP contribution < -0.4 is 10.6 Å². The van der Waals surface area contributed by atoms with Crippen molar-refractivity contribution in [2.45, 2.75) is 39.0 Å². The summed E-state index contributed by atoms with van der Waals surface area (Å²) in [7, 11) is 0. The zero-order valence-corrected chi connectivity index (χ0v) is 33.5. The summed E-state index contributed by atoms with van der Waals surface area (Å²) in [5.41, 5.74) is 10.7. The minimum Gasteiger partial charge on any atom is -0.310 e. The van der Waals surface area contributed by atoms with Crippen LogP contribution in [0.5, 0.6) is 0 Å². The van der Waals surface area contributed by atoms with E-state index in [2.05, 4.69) is 124 Å². The van der Waals surface area contributed by atoms with Crippen molar-refractivity contribution in [1.29, 1.82) is 0 Å². The second-order valence-electron chi connectivity index (χ2n) is 15.1. The molecule has 292 valence electrons. The molecule has 0 fully saturated rings. The Kier molecular flexibility index (Phi) is 9.61. The molecule has 0 N–H and O–H groups in total. The molecule has 60 heavy (non-hydrogen) atoms. The van der Waals surface area contributed by atoms with Gasteiger partial charge in [0.1, 0.15) is 11.6 Å². The van der Waals surface area contributed by atoms with Gasteiger partial charge in [-0.05, 0) is 122 Å². The van der Waals surface area contributed by atoms with Crippen LogP contribution in [-0.2, 0) is 0 Å². The SMILES string of the molecule is CC.Fc1ccc(-c2cc(-c3cccc(-n4c5ccccc5c5cc(C6C=c7c(n(C8=CCCC=C8)c8ccccc78)=CC6)ccc54)c3)nc(-c3ccc(F)cc3)n2)cc1. The first kappa shape index (κ1) is 37.1. The predicted octanol–water partition coefficient (Wildman–Crippen LogP) is 12.8. The van der Waals surface area contributed by atoms with Gasteiger partial charge in [0.2, 0.25) is 0 Å². The molecule has 3 aromatic heterocycles. The first-order chi connectivity index (χ1) is 29.6. The van der Waals surface area contributed by atoms with Crippen LogP contribution in [-0.4, -0.2) is 19.1 Å². The van der Waals surface area contributed by atoms with Crippen molar-refractivity contribution in [3.63, 3.8) is 0 Å². The van der Waals surface area contributed by atoms with Gasteiger partial charge in [0.15, 0.2) is 5.82 Å². The van der Waals surface area contributed by atoms with Gasteiger partial charge in [0.25, 0.3) is 0 Å². The molecule has 0 amide bonds. The van der Waals surface area contributed by atoms with E-state index < -0.39 is 0 Å².